The van der Waals surface area contributed by atoms with Crippen molar-refractivity contribution in [2.75, 3.05) is 18.4 Å². The number of rotatable bonds is 2. The molecular formula is C16H19FN4O. The molecule has 0 saturated carbocycles. The summed E-state index contributed by atoms with van der Waals surface area (Å²) < 4.78 is 15.2. The van der Waals surface area contributed by atoms with Crippen LogP contribution < -0.4 is 5.32 Å². The Bertz CT molecular complexity index is 643. The van der Waals surface area contributed by atoms with Crippen molar-refractivity contribution in [1.82, 2.24) is 14.5 Å². The first-order valence-electron chi connectivity index (χ1n) is 7.42. The molecule has 1 aliphatic rings. The summed E-state index contributed by atoms with van der Waals surface area (Å²) in [5, 5.41) is 2.76. The maximum atomic E-state index is 13.2. The summed E-state index contributed by atoms with van der Waals surface area (Å²) >= 11 is 0. The number of hydrogen-bond acceptors (Lipinski definition) is 2. The van der Waals surface area contributed by atoms with Crippen LogP contribution in [0.3, 0.4) is 0 Å². The molecule has 1 aromatic heterocycles. The highest BCUT2D eigenvalue weighted by Gasteiger charge is 2.29. The molecule has 0 radical (unpaired) electrons. The lowest BCUT2D eigenvalue weighted by molar-refractivity contribution is 0.149. The van der Waals surface area contributed by atoms with E-state index in [1.165, 1.54) is 12.1 Å². The average molecular weight is 302 g/mol. The Labute approximate surface area is 128 Å². The van der Waals surface area contributed by atoms with Crippen LogP contribution in [0.25, 0.3) is 0 Å². The first kappa shape index (κ1) is 14.6. The van der Waals surface area contributed by atoms with Gasteiger partial charge in [-0.05, 0) is 30.5 Å². The van der Waals surface area contributed by atoms with Gasteiger partial charge in [-0.25, -0.2) is 14.2 Å². The van der Waals surface area contributed by atoms with Crippen molar-refractivity contribution in [3.63, 3.8) is 0 Å². The van der Waals surface area contributed by atoms with Gasteiger partial charge in [0.15, 0.2) is 0 Å². The number of urea groups is 1. The molecule has 22 heavy (non-hydrogen) atoms. The van der Waals surface area contributed by atoms with Crippen LogP contribution in [-0.2, 0) is 0 Å². The van der Waals surface area contributed by atoms with E-state index in [0.717, 1.165) is 6.42 Å². The fraction of sp³-hybridized carbons (Fsp3) is 0.375. The van der Waals surface area contributed by atoms with Gasteiger partial charge >= 0.3 is 6.03 Å². The van der Waals surface area contributed by atoms with E-state index in [4.69, 9.17) is 0 Å². The van der Waals surface area contributed by atoms with Gasteiger partial charge in [-0.2, -0.15) is 0 Å². The normalized spacial score (nSPS) is 21.6. The highest BCUT2D eigenvalue weighted by molar-refractivity contribution is 5.89. The van der Waals surface area contributed by atoms with Crippen LogP contribution >= 0.6 is 0 Å². The summed E-state index contributed by atoms with van der Waals surface area (Å²) in [6.45, 7) is 3.51. The van der Waals surface area contributed by atoms with Gasteiger partial charge in [0.2, 0.25) is 0 Å². The Balaban J connectivity index is 1.68. The van der Waals surface area contributed by atoms with E-state index in [1.54, 1.807) is 29.6 Å². The van der Waals surface area contributed by atoms with Crippen LogP contribution in [-0.4, -0.2) is 33.6 Å². The highest BCUT2D eigenvalue weighted by atomic mass is 19.1. The fourth-order valence-corrected chi connectivity index (χ4v) is 2.86. The summed E-state index contributed by atoms with van der Waals surface area (Å²) in [5.41, 5.74) is 0.475. The van der Waals surface area contributed by atoms with Gasteiger partial charge in [-0.15, -0.1) is 0 Å². The van der Waals surface area contributed by atoms with Gasteiger partial charge in [0.05, 0.1) is 12.4 Å². The van der Waals surface area contributed by atoms with E-state index < -0.39 is 0 Å². The van der Waals surface area contributed by atoms with Gasteiger partial charge in [0.25, 0.3) is 0 Å². The summed E-state index contributed by atoms with van der Waals surface area (Å²) in [5.74, 6) is 0.119. The Kier molecular flexibility index (Phi) is 4.09. The minimum Gasteiger partial charge on any atom is -0.332 e. The zero-order valence-corrected chi connectivity index (χ0v) is 12.4. The fourth-order valence-electron chi connectivity index (χ4n) is 2.86. The molecule has 0 bridgehead atoms. The lowest BCUT2D eigenvalue weighted by atomic mass is 9.93. The van der Waals surface area contributed by atoms with Crippen LogP contribution in [0, 0.1) is 11.7 Å². The molecule has 1 saturated heterocycles. The molecule has 1 aliphatic heterocycles. The molecule has 1 fully saturated rings. The summed E-state index contributed by atoms with van der Waals surface area (Å²) in [4.78, 5) is 18.2. The van der Waals surface area contributed by atoms with Crippen LogP contribution in [0.1, 0.15) is 19.4 Å². The monoisotopic (exact) mass is 302 g/mol. The van der Waals surface area contributed by atoms with E-state index >= 15 is 0 Å². The molecule has 5 nitrogen and oxygen atoms in total. The zero-order valence-electron chi connectivity index (χ0n) is 12.4. The third-order valence-corrected chi connectivity index (χ3v) is 4.19. The van der Waals surface area contributed by atoms with Gasteiger partial charge in [0, 0.05) is 31.2 Å². The predicted octanol–water partition coefficient (Wildman–Crippen LogP) is 3.14. The van der Waals surface area contributed by atoms with Gasteiger partial charge in [0.1, 0.15) is 5.82 Å². The van der Waals surface area contributed by atoms with Crippen LogP contribution in [0.4, 0.5) is 14.9 Å². The molecule has 2 heterocycles. The summed E-state index contributed by atoms with van der Waals surface area (Å²) in [7, 11) is 0. The van der Waals surface area contributed by atoms with Crippen molar-refractivity contribution in [1.29, 1.82) is 0 Å². The summed E-state index contributed by atoms with van der Waals surface area (Å²) in [6, 6.07) is 5.96. The second kappa shape index (κ2) is 6.17. The molecule has 2 unspecified atom stereocenters. The second-order valence-corrected chi connectivity index (χ2v) is 5.73. The second-order valence-electron chi connectivity index (χ2n) is 5.73. The van der Waals surface area contributed by atoms with E-state index in [1.807, 2.05) is 10.8 Å². The van der Waals surface area contributed by atoms with Crippen molar-refractivity contribution in [2.45, 2.75) is 19.4 Å². The molecule has 0 aliphatic carbocycles. The molecule has 3 rings (SSSR count). The topological polar surface area (TPSA) is 50.2 Å². The smallest absolute Gasteiger partial charge is 0.321 e. The zero-order chi connectivity index (χ0) is 15.5. The number of hydrogen-bond donors (Lipinski definition) is 1. The van der Waals surface area contributed by atoms with Crippen molar-refractivity contribution in [3.05, 3.63) is 48.8 Å². The highest BCUT2D eigenvalue weighted by Crippen LogP contribution is 2.27. The lowest BCUT2D eigenvalue weighted by Gasteiger charge is -2.37. The van der Waals surface area contributed by atoms with Crippen LogP contribution in [0.15, 0.2) is 43.0 Å². The third-order valence-electron chi connectivity index (χ3n) is 4.19. The number of carbonyl (C=O) groups is 1. The van der Waals surface area contributed by atoms with Gasteiger partial charge < -0.3 is 14.8 Å². The van der Waals surface area contributed by atoms with E-state index in [9.17, 15) is 9.18 Å². The average Bonchev–Trinajstić information content (AvgIpc) is 3.01. The van der Waals surface area contributed by atoms with E-state index in [0.29, 0.717) is 24.7 Å². The molecule has 1 aromatic carbocycles. The lowest BCUT2D eigenvalue weighted by Crippen LogP contribution is -2.45. The first-order chi connectivity index (χ1) is 10.6. The van der Waals surface area contributed by atoms with Gasteiger partial charge in [-0.3, -0.25) is 0 Å². The van der Waals surface area contributed by atoms with Crippen molar-refractivity contribution < 1.29 is 9.18 Å². The molecule has 2 amide bonds. The third kappa shape index (κ3) is 3.10. The van der Waals surface area contributed by atoms with Crippen LogP contribution in [0.5, 0.6) is 0 Å². The number of amides is 2. The number of carbonyl (C=O) groups excluding carboxylic acids is 1. The number of anilines is 1. The molecule has 0 spiro atoms. The number of benzene rings is 1. The molecule has 6 heteroatoms. The minimum absolute atomic E-state index is 0.192. The van der Waals surface area contributed by atoms with Crippen LogP contribution in [0.2, 0.25) is 0 Å². The first-order valence-corrected chi connectivity index (χ1v) is 7.42. The number of nitrogens with zero attached hydrogens (tertiary/aromatic N) is 3. The van der Waals surface area contributed by atoms with E-state index in [2.05, 4.69) is 17.2 Å². The largest absolute Gasteiger partial charge is 0.332 e. The summed E-state index contributed by atoms with van der Waals surface area (Å²) in [6.07, 6.45) is 6.39. The molecule has 2 aromatic rings. The molecule has 2 atom stereocenters. The Morgan fingerprint density at radius 3 is 3.05 bits per heavy atom. The number of halogens is 1. The number of piperidine rings is 1. The molecular weight excluding hydrogens is 283 g/mol. The van der Waals surface area contributed by atoms with E-state index in [-0.39, 0.29) is 17.9 Å². The quantitative estimate of drug-likeness (QED) is 0.926. The number of likely N-dealkylation sites (tertiary alicyclic amines) is 1. The minimum atomic E-state index is -0.360. The predicted molar refractivity (Wildman–Crippen MR) is 82.0 cm³/mol. The number of aromatic nitrogens is 2. The Hall–Kier alpha value is -2.37. The maximum absolute atomic E-state index is 13.2. The Morgan fingerprint density at radius 2 is 2.32 bits per heavy atom. The van der Waals surface area contributed by atoms with Crippen molar-refractivity contribution in [3.8, 4) is 0 Å². The SMILES string of the molecule is CC1CCN(C(=O)Nc2cccc(F)c2)CC1n1ccnc1. The number of imidazole rings is 1. The molecule has 116 valence electrons. The van der Waals surface area contributed by atoms with Gasteiger partial charge in [-0.1, -0.05) is 13.0 Å². The number of nitrogens with one attached hydrogen (secondary N) is 1. The molecule has 1 N–H and O–H groups in total. The Morgan fingerprint density at radius 1 is 1.45 bits per heavy atom. The standard InChI is InChI=1S/C16H19FN4O/c1-12-5-7-20(10-15(12)21-8-6-18-11-21)16(22)19-14-4-2-3-13(17)9-14/h2-4,6,8-9,11-12,15H,5,7,10H2,1H3,(H,19,22). The van der Waals surface area contributed by atoms with Crippen molar-refractivity contribution >= 4 is 11.7 Å². The van der Waals surface area contributed by atoms with Crippen molar-refractivity contribution in [2.24, 2.45) is 5.92 Å². The maximum Gasteiger partial charge on any atom is 0.321 e.